The Kier molecular flexibility index (Phi) is 7.34. The molecule has 2 N–H and O–H groups in total. The van der Waals surface area contributed by atoms with Crippen LogP contribution in [-0.4, -0.2) is 47.5 Å². The van der Waals surface area contributed by atoms with Crippen molar-refractivity contribution in [1.82, 2.24) is 25.4 Å². The predicted molar refractivity (Wildman–Crippen MR) is 79.6 cm³/mol. The van der Waals surface area contributed by atoms with Gasteiger partial charge in [-0.1, -0.05) is 6.08 Å². The van der Waals surface area contributed by atoms with Gasteiger partial charge in [-0.25, -0.2) is 4.99 Å². The Labute approximate surface area is 120 Å². The molecule has 112 valence electrons. The summed E-state index contributed by atoms with van der Waals surface area (Å²) < 4.78 is 6.94. The van der Waals surface area contributed by atoms with Crippen molar-refractivity contribution in [3.05, 3.63) is 24.3 Å². The number of nitrogens with zero attached hydrogens (tertiary/aromatic N) is 4. The molecular weight excluding hydrogens is 256 g/mol. The highest BCUT2D eigenvalue weighted by Crippen LogP contribution is 1.98. The molecule has 0 aliphatic heterocycles. The maximum Gasteiger partial charge on any atom is 0.191 e. The summed E-state index contributed by atoms with van der Waals surface area (Å²) in [5.74, 6) is 2.45. The Balaban J connectivity index is 2.54. The molecule has 0 amide bonds. The Morgan fingerprint density at radius 3 is 2.85 bits per heavy atom. The summed E-state index contributed by atoms with van der Waals surface area (Å²) >= 11 is 0. The van der Waals surface area contributed by atoms with Crippen molar-refractivity contribution in [2.75, 3.05) is 26.8 Å². The van der Waals surface area contributed by atoms with Crippen LogP contribution in [-0.2, 0) is 18.3 Å². The van der Waals surface area contributed by atoms with Crippen LogP contribution in [0.4, 0.5) is 0 Å². The zero-order chi connectivity index (χ0) is 14.8. The fraction of sp³-hybridized carbons (Fsp3) is 0.615. The average Bonchev–Trinajstić information content (AvgIpc) is 2.77. The van der Waals surface area contributed by atoms with Gasteiger partial charge in [-0.15, -0.1) is 16.8 Å². The number of hydrogen-bond donors (Lipinski definition) is 2. The van der Waals surface area contributed by atoms with Crippen molar-refractivity contribution >= 4 is 5.96 Å². The van der Waals surface area contributed by atoms with E-state index in [4.69, 9.17) is 4.74 Å². The summed E-state index contributed by atoms with van der Waals surface area (Å²) in [6.07, 6.45) is 2.72. The lowest BCUT2D eigenvalue weighted by Crippen LogP contribution is -2.38. The Hall–Kier alpha value is -1.89. The normalized spacial score (nSPS) is 11.4. The molecular formula is C13H24N6O. The third-order valence-electron chi connectivity index (χ3n) is 2.79. The summed E-state index contributed by atoms with van der Waals surface area (Å²) in [5, 5.41) is 14.5. The molecule has 0 bridgehead atoms. The van der Waals surface area contributed by atoms with Crippen molar-refractivity contribution in [3.63, 3.8) is 0 Å². The molecule has 0 atom stereocenters. The highest BCUT2D eigenvalue weighted by molar-refractivity contribution is 5.79. The minimum Gasteiger partial charge on any atom is -0.385 e. The van der Waals surface area contributed by atoms with Crippen molar-refractivity contribution in [2.24, 2.45) is 12.0 Å². The van der Waals surface area contributed by atoms with E-state index in [2.05, 4.69) is 32.4 Å². The summed E-state index contributed by atoms with van der Waals surface area (Å²) in [5.41, 5.74) is 0. The maximum absolute atomic E-state index is 5.01. The quantitative estimate of drug-likeness (QED) is 0.312. The number of aliphatic imine (C=N–C) groups is 1. The summed E-state index contributed by atoms with van der Waals surface area (Å²) in [6, 6.07) is 0. The average molecular weight is 280 g/mol. The predicted octanol–water partition coefficient (Wildman–Crippen LogP) is 0.381. The second kappa shape index (κ2) is 9.08. The third-order valence-corrected chi connectivity index (χ3v) is 2.79. The molecule has 1 aromatic heterocycles. The Bertz CT molecular complexity index is 440. The molecule has 0 saturated carbocycles. The molecule has 7 nitrogen and oxygen atoms in total. The van der Waals surface area contributed by atoms with Crippen molar-refractivity contribution in [1.29, 1.82) is 0 Å². The zero-order valence-electron chi connectivity index (χ0n) is 12.5. The second-order valence-electron chi connectivity index (χ2n) is 4.33. The minimum absolute atomic E-state index is 0.480. The lowest BCUT2D eigenvalue weighted by Gasteiger charge is -2.11. The maximum atomic E-state index is 5.01. The first-order chi connectivity index (χ1) is 9.69. The van der Waals surface area contributed by atoms with E-state index < -0.39 is 0 Å². The van der Waals surface area contributed by atoms with E-state index in [1.54, 1.807) is 13.2 Å². The van der Waals surface area contributed by atoms with Gasteiger partial charge in [0.05, 0.1) is 0 Å². The van der Waals surface area contributed by atoms with Gasteiger partial charge in [0.2, 0.25) is 0 Å². The van der Waals surface area contributed by atoms with E-state index in [1.165, 1.54) is 0 Å². The number of hydrogen-bond acceptors (Lipinski definition) is 4. The van der Waals surface area contributed by atoms with Crippen LogP contribution in [0.5, 0.6) is 0 Å². The zero-order valence-corrected chi connectivity index (χ0v) is 12.5. The van der Waals surface area contributed by atoms with Crippen molar-refractivity contribution < 1.29 is 4.74 Å². The number of methoxy groups -OCH3 is 1. The smallest absolute Gasteiger partial charge is 0.191 e. The summed E-state index contributed by atoms with van der Waals surface area (Å²) in [6.45, 7) is 8.27. The molecule has 20 heavy (non-hydrogen) atoms. The SMILES string of the molecule is C=CCNC(=NCc1nnc(C)n1C)NCCCOC. The summed E-state index contributed by atoms with van der Waals surface area (Å²) in [4.78, 5) is 4.49. The van der Waals surface area contributed by atoms with Crippen LogP contribution in [0.1, 0.15) is 18.1 Å². The monoisotopic (exact) mass is 280 g/mol. The molecule has 1 rings (SSSR count). The molecule has 1 aromatic rings. The van der Waals surface area contributed by atoms with Gasteiger partial charge >= 0.3 is 0 Å². The largest absolute Gasteiger partial charge is 0.385 e. The number of guanidine groups is 1. The molecule has 0 saturated heterocycles. The molecule has 0 unspecified atom stereocenters. The number of aryl methyl sites for hydroxylation is 1. The fourth-order valence-corrected chi connectivity index (χ4v) is 1.50. The van der Waals surface area contributed by atoms with Gasteiger partial charge in [0, 0.05) is 33.9 Å². The lowest BCUT2D eigenvalue weighted by atomic mass is 10.4. The van der Waals surface area contributed by atoms with Crippen LogP contribution in [0.15, 0.2) is 17.6 Å². The van der Waals surface area contributed by atoms with Crippen LogP contribution in [0.2, 0.25) is 0 Å². The topological polar surface area (TPSA) is 76.4 Å². The Morgan fingerprint density at radius 2 is 2.25 bits per heavy atom. The molecule has 0 radical (unpaired) electrons. The number of nitrogens with one attached hydrogen (secondary N) is 2. The number of rotatable bonds is 8. The van der Waals surface area contributed by atoms with Gasteiger partial charge in [-0.05, 0) is 13.3 Å². The van der Waals surface area contributed by atoms with Crippen LogP contribution in [0.25, 0.3) is 0 Å². The van der Waals surface area contributed by atoms with Crippen LogP contribution >= 0.6 is 0 Å². The van der Waals surface area contributed by atoms with Gasteiger partial charge < -0.3 is 19.9 Å². The fourth-order valence-electron chi connectivity index (χ4n) is 1.50. The van der Waals surface area contributed by atoms with Crippen LogP contribution < -0.4 is 10.6 Å². The molecule has 0 fully saturated rings. The van der Waals surface area contributed by atoms with Gasteiger partial charge in [-0.2, -0.15) is 0 Å². The molecule has 0 spiro atoms. The highest BCUT2D eigenvalue weighted by Gasteiger charge is 2.04. The van der Waals surface area contributed by atoms with Crippen molar-refractivity contribution in [3.8, 4) is 0 Å². The molecule has 1 heterocycles. The second-order valence-corrected chi connectivity index (χ2v) is 4.33. The van der Waals surface area contributed by atoms with Gasteiger partial charge in [0.25, 0.3) is 0 Å². The number of ether oxygens (including phenoxy) is 1. The number of aromatic nitrogens is 3. The van der Waals surface area contributed by atoms with Gasteiger partial charge in [-0.3, -0.25) is 0 Å². The first-order valence-electron chi connectivity index (χ1n) is 6.66. The van der Waals surface area contributed by atoms with E-state index in [0.29, 0.717) is 13.1 Å². The van der Waals surface area contributed by atoms with E-state index in [1.807, 2.05) is 18.5 Å². The molecule has 0 aliphatic rings. The van der Waals surface area contributed by atoms with E-state index in [-0.39, 0.29) is 0 Å². The third kappa shape index (κ3) is 5.40. The van der Waals surface area contributed by atoms with Crippen molar-refractivity contribution in [2.45, 2.75) is 19.9 Å². The van der Waals surface area contributed by atoms with E-state index >= 15 is 0 Å². The van der Waals surface area contributed by atoms with Crippen LogP contribution in [0.3, 0.4) is 0 Å². The van der Waals surface area contributed by atoms with E-state index in [0.717, 1.165) is 37.2 Å². The molecule has 7 heteroatoms. The Morgan fingerprint density at radius 1 is 1.45 bits per heavy atom. The highest BCUT2D eigenvalue weighted by atomic mass is 16.5. The van der Waals surface area contributed by atoms with Gasteiger partial charge in [0.15, 0.2) is 11.8 Å². The minimum atomic E-state index is 0.480. The summed E-state index contributed by atoms with van der Waals surface area (Å²) in [7, 11) is 3.63. The molecule has 0 aromatic carbocycles. The first-order valence-corrected chi connectivity index (χ1v) is 6.66. The lowest BCUT2D eigenvalue weighted by molar-refractivity contribution is 0.195. The molecule has 0 aliphatic carbocycles. The first kappa shape index (κ1) is 16.2. The van der Waals surface area contributed by atoms with Crippen LogP contribution in [0, 0.1) is 6.92 Å². The van der Waals surface area contributed by atoms with Gasteiger partial charge in [0.1, 0.15) is 12.4 Å². The standard InChI is InChI=1S/C13H24N6O/c1-5-7-14-13(15-8-6-9-20-4)16-10-12-18-17-11(2)19(12)3/h5H,1,6-10H2,2-4H3,(H2,14,15,16). The van der Waals surface area contributed by atoms with E-state index in [9.17, 15) is 0 Å².